The van der Waals surface area contributed by atoms with E-state index >= 15 is 0 Å². The van der Waals surface area contributed by atoms with E-state index in [0.717, 1.165) is 42.3 Å². The molecule has 0 unspecified atom stereocenters. The Balaban J connectivity index is 1.28. The van der Waals surface area contributed by atoms with Crippen molar-refractivity contribution < 1.29 is 4.79 Å². The molecule has 0 aliphatic carbocycles. The molecule has 1 aliphatic rings. The van der Waals surface area contributed by atoms with Crippen molar-refractivity contribution in [3.05, 3.63) is 52.1 Å². The van der Waals surface area contributed by atoms with Crippen LogP contribution in [0.2, 0.25) is 0 Å². The van der Waals surface area contributed by atoms with Gasteiger partial charge in [-0.1, -0.05) is 6.07 Å². The molecule has 26 heavy (non-hydrogen) atoms. The molecule has 0 atom stereocenters. The maximum Gasteiger partial charge on any atom is 0.222 e. The summed E-state index contributed by atoms with van der Waals surface area (Å²) in [6.45, 7) is 1.67. The van der Waals surface area contributed by atoms with Crippen LogP contribution in [0.3, 0.4) is 0 Å². The van der Waals surface area contributed by atoms with E-state index < -0.39 is 0 Å². The Kier molecular flexibility index (Phi) is 5.36. The molecule has 4 heterocycles. The average molecular weight is 385 g/mol. The Hall–Kier alpha value is -2.12. The summed E-state index contributed by atoms with van der Waals surface area (Å²) in [5, 5.41) is 6.19. The highest BCUT2D eigenvalue weighted by Gasteiger charge is 2.25. The zero-order valence-corrected chi connectivity index (χ0v) is 16.0. The first-order valence-electron chi connectivity index (χ1n) is 8.82. The largest absolute Gasteiger partial charge is 0.343 e. The van der Waals surface area contributed by atoms with Crippen LogP contribution < -0.4 is 0 Å². The number of aromatic nitrogens is 3. The lowest BCUT2D eigenvalue weighted by Gasteiger charge is -2.31. The summed E-state index contributed by atoms with van der Waals surface area (Å²) in [5.74, 6) is 0.744. The van der Waals surface area contributed by atoms with Crippen LogP contribution in [-0.4, -0.2) is 38.8 Å². The number of carbonyl (C=O) groups is 1. The van der Waals surface area contributed by atoms with Gasteiger partial charge in [0.2, 0.25) is 5.91 Å². The number of thiazole rings is 2. The Labute approximate surface area is 160 Å². The number of amides is 1. The molecule has 1 aliphatic heterocycles. The lowest BCUT2D eigenvalue weighted by Crippen LogP contribution is -2.38. The average Bonchev–Trinajstić information content (AvgIpc) is 3.39. The smallest absolute Gasteiger partial charge is 0.222 e. The van der Waals surface area contributed by atoms with Gasteiger partial charge >= 0.3 is 0 Å². The van der Waals surface area contributed by atoms with Crippen molar-refractivity contribution in [1.29, 1.82) is 0 Å². The maximum absolute atomic E-state index is 12.5. The topological polar surface area (TPSA) is 59.0 Å². The predicted molar refractivity (Wildman–Crippen MR) is 104 cm³/mol. The van der Waals surface area contributed by atoms with Gasteiger partial charge in [-0.2, -0.15) is 0 Å². The van der Waals surface area contributed by atoms with E-state index in [4.69, 9.17) is 0 Å². The molecular weight excluding hydrogens is 364 g/mol. The third-order valence-electron chi connectivity index (χ3n) is 4.68. The molecule has 1 fully saturated rings. The van der Waals surface area contributed by atoms with Crippen LogP contribution in [0.15, 0.2) is 41.4 Å². The van der Waals surface area contributed by atoms with Crippen LogP contribution in [0.25, 0.3) is 10.7 Å². The minimum Gasteiger partial charge on any atom is -0.343 e. The van der Waals surface area contributed by atoms with Crippen molar-refractivity contribution in [1.82, 2.24) is 19.9 Å². The van der Waals surface area contributed by atoms with Gasteiger partial charge in [0.15, 0.2) is 0 Å². The maximum atomic E-state index is 12.5. The van der Waals surface area contributed by atoms with Gasteiger partial charge in [0.05, 0.1) is 16.4 Å². The number of nitrogens with zero attached hydrogens (tertiary/aromatic N) is 4. The molecule has 5 nitrogen and oxygen atoms in total. The molecule has 0 saturated carbocycles. The summed E-state index contributed by atoms with van der Waals surface area (Å²) >= 11 is 3.30. The second-order valence-electron chi connectivity index (χ2n) is 6.38. The van der Waals surface area contributed by atoms with E-state index in [2.05, 4.69) is 15.0 Å². The normalized spacial score (nSPS) is 15.3. The van der Waals surface area contributed by atoms with E-state index in [1.54, 1.807) is 28.9 Å². The molecule has 0 aromatic carbocycles. The number of likely N-dealkylation sites (tertiary alicyclic amines) is 1. The van der Waals surface area contributed by atoms with Gasteiger partial charge in [-0.15, -0.1) is 22.7 Å². The molecule has 1 amide bonds. The van der Waals surface area contributed by atoms with Gasteiger partial charge in [0, 0.05) is 48.6 Å². The molecule has 0 N–H and O–H groups in total. The van der Waals surface area contributed by atoms with Gasteiger partial charge in [0.25, 0.3) is 0 Å². The number of carbonyl (C=O) groups excluding carboxylic acids is 1. The number of rotatable bonds is 5. The summed E-state index contributed by atoms with van der Waals surface area (Å²) in [6.07, 6.45) is 6.88. The fraction of sp³-hybridized carbons (Fsp3) is 0.368. The molecule has 3 aromatic rings. The summed E-state index contributed by atoms with van der Waals surface area (Å²) in [6, 6.07) is 5.82. The van der Waals surface area contributed by atoms with Crippen molar-refractivity contribution in [2.45, 2.75) is 31.6 Å². The van der Waals surface area contributed by atoms with Crippen molar-refractivity contribution in [3.8, 4) is 10.7 Å². The van der Waals surface area contributed by atoms with Crippen molar-refractivity contribution in [3.63, 3.8) is 0 Å². The molecule has 4 rings (SSSR count). The highest BCUT2D eigenvalue weighted by Crippen LogP contribution is 2.29. The molecule has 7 heteroatoms. The quantitative estimate of drug-likeness (QED) is 0.667. The van der Waals surface area contributed by atoms with E-state index in [1.165, 1.54) is 5.01 Å². The zero-order chi connectivity index (χ0) is 17.8. The molecule has 0 spiro atoms. The van der Waals surface area contributed by atoms with Crippen LogP contribution in [0.5, 0.6) is 0 Å². The molecular formula is C19H20N4OS2. The van der Waals surface area contributed by atoms with E-state index in [1.807, 2.05) is 40.1 Å². The fourth-order valence-corrected chi connectivity index (χ4v) is 4.87. The molecule has 0 bridgehead atoms. The highest BCUT2D eigenvalue weighted by molar-refractivity contribution is 7.13. The molecule has 134 valence electrons. The fourth-order valence-electron chi connectivity index (χ4n) is 3.23. The lowest BCUT2D eigenvalue weighted by molar-refractivity contribution is -0.132. The number of piperidine rings is 1. The predicted octanol–water partition coefficient (Wildman–Crippen LogP) is 4.00. The van der Waals surface area contributed by atoms with Crippen LogP contribution in [0.4, 0.5) is 0 Å². The van der Waals surface area contributed by atoms with E-state index in [9.17, 15) is 4.79 Å². The molecule has 3 aromatic heterocycles. The Morgan fingerprint density at radius 2 is 2.04 bits per heavy atom. The summed E-state index contributed by atoms with van der Waals surface area (Å²) in [4.78, 5) is 27.9. The van der Waals surface area contributed by atoms with Gasteiger partial charge in [-0.25, -0.2) is 9.97 Å². The highest BCUT2D eigenvalue weighted by atomic mass is 32.1. The van der Waals surface area contributed by atoms with Crippen LogP contribution in [0, 0.1) is 0 Å². The van der Waals surface area contributed by atoms with E-state index in [0.29, 0.717) is 18.8 Å². The second kappa shape index (κ2) is 8.05. The van der Waals surface area contributed by atoms with Crippen molar-refractivity contribution >= 4 is 28.6 Å². The number of hydrogen-bond donors (Lipinski definition) is 0. The molecule has 0 radical (unpaired) electrons. The van der Waals surface area contributed by atoms with Gasteiger partial charge in [0.1, 0.15) is 5.01 Å². The molecule has 1 saturated heterocycles. The summed E-state index contributed by atoms with van der Waals surface area (Å²) < 4.78 is 0. The minimum atomic E-state index is 0.231. The number of hydrogen-bond acceptors (Lipinski definition) is 6. The zero-order valence-electron chi connectivity index (χ0n) is 14.4. The van der Waals surface area contributed by atoms with Gasteiger partial charge in [-0.3, -0.25) is 9.78 Å². The standard InChI is InChI=1S/C19H20N4OS2/c24-17(23-10-6-14(7-11-23)18-21-9-12-25-18)5-4-15-13-26-19(22-15)16-3-1-2-8-20-16/h1-3,8-9,12-14H,4-7,10-11H2. The summed E-state index contributed by atoms with van der Waals surface area (Å²) in [5.41, 5.74) is 1.86. The van der Waals surface area contributed by atoms with Gasteiger partial charge < -0.3 is 4.90 Å². The van der Waals surface area contributed by atoms with Crippen LogP contribution in [-0.2, 0) is 11.2 Å². The van der Waals surface area contributed by atoms with Gasteiger partial charge in [-0.05, 0) is 31.4 Å². The first-order valence-corrected chi connectivity index (χ1v) is 10.6. The minimum absolute atomic E-state index is 0.231. The second-order valence-corrected chi connectivity index (χ2v) is 8.17. The first kappa shape index (κ1) is 17.3. The summed E-state index contributed by atoms with van der Waals surface area (Å²) in [7, 11) is 0. The Morgan fingerprint density at radius 3 is 2.77 bits per heavy atom. The third kappa shape index (κ3) is 3.99. The van der Waals surface area contributed by atoms with E-state index in [-0.39, 0.29) is 5.91 Å². The Morgan fingerprint density at radius 1 is 1.15 bits per heavy atom. The monoisotopic (exact) mass is 384 g/mol. The lowest BCUT2D eigenvalue weighted by atomic mass is 9.97. The van der Waals surface area contributed by atoms with Crippen molar-refractivity contribution in [2.24, 2.45) is 0 Å². The number of pyridine rings is 1. The van der Waals surface area contributed by atoms with Crippen molar-refractivity contribution in [2.75, 3.05) is 13.1 Å². The van der Waals surface area contributed by atoms with Crippen LogP contribution in [0.1, 0.15) is 35.9 Å². The van der Waals surface area contributed by atoms with Crippen LogP contribution >= 0.6 is 22.7 Å². The SMILES string of the molecule is O=C(CCc1csc(-c2ccccn2)n1)N1CCC(c2nccs2)CC1. The Bertz CT molecular complexity index is 840. The number of aryl methyl sites for hydroxylation is 1. The third-order valence-corrected chi connectivity index (χ3v) is 6.53. The first-order chi connectivity index (χ1) is 12.8.